The lowest BCUT2D eigenvalue weighted by atomic mass is 10.1. The quantitative estimate of drug-likeness (QED) is 0.601. The Hall–Kier alpha value is -3.45. The molecule has 0 spiro atoms. The highest BCUT2D eigenvalue weighted by atomic mass is 16.2. The van der Waals surface area contributed by atoms with Crippen LogP contribution in [-0.4, -0.2) is 45.4 Å². The number of rotatable bonds is 7. The van der Waals surface area contributed by atoms with Gasteiger partial charge in [-0.1, -0.05) is 30.3 Å². The molecule has 1 fully saturated rings. The zero-order valence-electron chi connectivity index (χ0n) is 18.3. The smallest absolute Gasteiger partial charge is 0.254 e. The summed E-state index contributed by atoms with van der Waals surface area (Å²) in [6, 6.07) is 14.8. The number of imidazole rings is 1. The third-order valence-electron chi connectivity index (χ3n) is 5.78. The summed E-state index contributed by atoms with van der Waals surface area (Å²) in [5.41, 5.74) is 10.2. The number of carbonyl (C=O) groups excluding carboxylic acids is 2. The van der Waals surface area contributed by atoms with Gasteiger partial charge in [-0.2, -0.15) is 0 Å². The molecule has 1 unspecified atom stereocenters. The minimum atomic E-state index is -0.721. The van der Waals surface area contributed by atoms with E-state index >= 15 is 0 Å². The lowest BCUT2D eigenvalue weighted by molar-refractivity contribution is -0.117. The van der Waals surface area contributed by atoms with E-state index in [0.717, 1.165) is 43.7 Å². The van der Waals surface area contributed by atoms with Gasteiger partial charge in [0.05, 0.1) is 18.1 Å². The molecule has 7 nitrogen and oxygen atoms in total. The van der Waals surface area contributed by atoms with E-state index in [1.807, 2.05) is 46.9 Å². The van der Waals surface area contributed by atoms with Crippen LogP contribution in [0.1, 0.15) is 40.0 Å². The first-order valence-corrected chi connectivity index (χ1v) is 11.0. The van der Waals surface area contributed by atoms with Gasteiger partial charge in [0.2, 0.25) is 5.91 Å². The van der Waals surface area contributed by atoms with Gasteiger partial charge in [-0.3, -0.25) is 9.59 Å². The van der Waals surface area contributed by atoms with Gasteiger partial charge >= 0.3 is 0 Å². The number of nitrogens with zero attached hydrogens (tertiary/aromatic N) is 3. The summed E-state index contributed by atoms with van der Waals surface area (Å²) in [5, 5.41) is 2.86. The Morgan fingerprint density at radius 3 is 2.59 bits per heavy atom. The molecule has 3 N–H and O–H groups in total. The van der Waals surface area contributed by atoms with E-state index in [9.17, 15) is 9.59 Å². The zero-order chi connectivity index (χ0) is 22.5. The highest BCUT2D eigenvalue weighted by Crippen LogP contribution is 2.20. The number of likely N-dealkylation sites (tertiary alicyclic amines) is 1. The second-order valence-electron chi connectivity index (χ2n) is 8.35. The van der Waals surface area contributed by atoms with Gasteiger partial charge in [0.15, 0.2) is 0 Å². The molecule has 4 rings (SSSR count). The van der Waals surface area contributed by atoms with Gasteiger partial charge in [-0.25, -0.2) is 4.98 Å². The SMILES string of the molecule is Cc1cc(NC(=O)C(N)Cc2cn(Cc3ccccc3)cn2)ccc1C(=O)N1CCCC1. The fourth-order valence-corrected chi connectivity index (χ4v) is 4.02. The number of anilines is 1. The van der Waals surface area contributed by atoms with E-state index in [0.29, 0.717) is 17.7 Å². The van der Waals surface area contributed by atoms with Crippen LogP contribution in [0.25, 0.3) is 0 Å². The standard InChI is InChI=1S/C25H29N5O2/c1-18-13-20(9-10-22(18)25(32)30-11-5-6-12-30)28-24(31)23(26)14-21-16-29(17-27-21)15-19-7-3-2-4-8-19/h2-4,7-10,13,16-17,23H,5-6,11-12,14-15,26H2,1H3,(H,28,31). The molecule has 0 radical (unpaired) electrons. The number of aryl methyl sites for hydroxylation is 1. The molecule has 1 aromatic heterocycles. The van der Waals surface area contributed by atoms with Crippen LogP contribution in [0, 0.1) is 6.92 Å². The van der Waals surface area contributed by atoms with Crippen LogP contribution in [0.15, 0.2) is 61.1 Å². The van der Waals surface area contributed by atoms with E-state index < -0.39 is 6.04 Å². The van der Waals surface area contributed by atoms with Crippen molar-refractivity contribution in [3.05, 3.63) is 83.4 Å². The number of carbonyl (C=O) groups is 2. The predicted octanol–water partition coefficient (Wildman–Crippen LogP) is 2.98. The van der Waals surface area contributed by atoms with E-state index in [-0.39, 0.29) is 11.8 Å². The number of aromatic nitrogens is 2. The van der Waals surface area contributed by atoms with Crippen LogP contribution in [-0.2, 0) is 17.8 Å². The Kier molecular flexibility index (Phi) is 6.66. The Labute approximate surface area is 188 Å². The third kappa shape index (κ3) is 5.23. The van der Waals surface area contributed by atoms with Crippen LogP contribution in [0.4, 0.5) is 5.69 Å². The number of hydrogen-bond donors (Lipinski definition) is 2. The van der Waals surface area contributed by atoms with Gasteiger partial charge in [0.25, 0.3) is 5.91 Å². The maximum Gasteiger partial charge on any atom is 0.254 e. The fourth-order valence-electron chi connectivity index (χ4n) is 4.02. The van der Waals surface area contributed by atoms with Crippen molar-refractivity contribution in [3.63, 3.8) is 0 Å². The van der Waals surface area contributed by atoms with E-state index in [4.69, 9.17) is 5.73 Å². The first-order chi connectivity index (χ1) is 15.5. The second-order valence-corrected chi connectivity index (χ2v) is 8.35. The molecule has 1 atom stereocenters. The summed E-state index contributed by atoms with van der Waals surface area (Å²) < 4.78 is 1.98. The minimum absolute atomic E-state index is 0.0562. The lowest BCUT2D eigenvalue weighted by Gasteiger charge is -2.17. The van der Waals surface area contributed by atoms with E-state index in [1.54, 1.807) is 18.5 Å². The average Bonchev–Trinajstić information content (AvgIpc) is 3.47. The number of nitrogens with one attached hydrogen (secondary N) is 1. The van der Waals surface area contributed by atoms with Crippen molar-refractivity contribution in [2.75, 3.05) is 18.4 Å². The molecule has 7 heteroatoms. The summed E-state index contributed by atoms with van der Waals surface area (Å²) in [6.45, 7) is 4.23. The summed E-state index contributed by atoms with van der Waals surface area (Å²) >= 11 is 0. The Morgan fingerprint density at radius 1 is 1.12 bits per heavy atom. The van der Waals surface area contributed by atoms with Gasteiger partial charge in [-0.15, -0.1) is 0 Å². The number of nitrogens with two attached hydrogens (primary N) is 1. The normalized spacial score (nSPS) is 14.4. The number of hydrogen-bond acceptors (Lipinski definition) is 4. The second kappa shape index (κ2) is 9.78. The molecule has 2 aromatic carbocycles. The molecule has 2 amide bonds. The molecule has 1 saturated heterocycles. The maximum absolute atomic E-state index is 12.6. The van der Waals surface area contributed by atoms with Crippen LogP contribution < -0.4 is 11.1 Å². The monoisotopic (exact) mass is 431 g/mol. The van der Waals surface area contributed by atoms with Crippen molar-refractivity contribution in [1.29, 1.82) is 0 Å². The molecular weight excluding hydrogens is 402 g/mol. The molecule has 3 aromatic rings. The molecule has 166 valence electrons. The summed E-state index contributed by atoms with van der Waals surface area (Å²) in [5.74, 6) is -0.221. The Morgan fingerprint density at radius 2 is 1.88 bits per heavy atom. The fraction of sp³-hybridized carbons (Fsp3) is 0.320. The van der Waals surface area contributed by atoms with Gasteiger partial charge in [0, 0.05) is 43.5 Å². The first-order valence-electron chi connectivity index (χ1n) is 11.0. The van der Waals surface area contributed by atoms with E-state index in [1.165, 1.54) is 5.56 Å². The molecule has 0 bridgehead atoms. The summed E-state index contributed by atoms with van der Waals surface area (Å²) in [7, 11) is 0. The van der Waals surface area contributed by atoms with E-state index in [2.05, 4.69) is 22.4 Å². The van der Waals surface area contributed by atoms with Gasteiger partial charge in [0.1, 0.15) is 0 Å². The highest BCUT2D eigenvalue weighted by Gasteiger charge is 2.21. The van der Waals surface area contributed by atoms with Crippen molar-refractivity contribution < 1.29 is 9.59 Å². The van der Waals surface area contributed by atoms with Crippen LogP contribution in [0.5, 0.6) is 0 Å². The molecule has 1 aliphatic rings. The third-order valence-corrected chi connectivity index (χ3v) is 5.78. The zero-order valence-corrected chi connectivity index (χ0v) is 18.3. The molecule has 0 aliphatic carbocycles. The number of benzene rings is 2. The average molecular weight is 432 g/mol. The van der Waals surface area contributed by atoms with Crippen LogP contribution >= 0.6 is 0 Å². The largest absolute Gasteiger partial charge is 0.339 e. The molecular formula is C25H29N5O2. The molecule has 2 heterocycles. The minimum Gasteiger partial charge on any atom is -0.339 e. The van der Waals surface area contributed by atoms with Crippen molar-refractivity contribution in [2.45, 2.75) is 38.8 Å². The van der Waals surface area contributed by atoms with Gasteiger partial charge < -0.3 is 20.5 Å². The Balaban J connectivity index is 1.33. The van der Waals surface area contributed by atoms with Crippen LogP contribution in [0.2, 0.25) is 0 Å². The Bertz CT molecular complexity index is 1090. The predicted molar refractivity (Wildman–Crippen MR) is 124 cm³/mol. The highest BCUT2D eigenvalue weighted by molar-refractivity contribution is 5.98. The van der Waals surface area contributed by atoms with Crippen molar-refractivity contribution in [2.24, 2.45) is 5.73 Å². The molecule has 0 saturated carbocycles. The van der Waals surface area contributed by atoms with Crippen molar-refractivity contribution >= 4 is 17.5 Å². The van der Waals surface area contributed by atoms with Crippen LogP contribution in [0.3, 0.4) is 0 Å². The molecule has 32 heavy (non-hydrogen) atoms. The van der Waals surface area contributed by atoms with Crippen molar-refractivity contribution in [1.82, 2.24) is 14.5 Å². The summed E-state index contributed by atoms with van der Waals surface area (Å²) in [6.07, 6.45) is 6.14. The molecule has 1 aliphatic heterocycles. The first kappa shape index (κ1) is 21.8. The topological polar surface area (TPSA) is 93.2 Å². The lowest BCUT2D eigenvalue weighted by Crippen LogP contribution is -2.37. The number of amides is 2. The maximum atomic E-state index is 12.6. The summed E-state index contributed by atoms with van der Waals surface area (Å²) in [4.78, 5) is 31.5. The van der Waals surface area contributed by atoms with Gasteiger partial charge in [-0.05, 0) is 49.1 Å². The van der Waals surface area contributed by atoms with Crippen molar-refractivity contribution in [3.8, 4) is 0 Å².